The molecule has 0 aliphatic rings. The third-order valence-electron chi connectivity index (χ3n) is 3.78. The lowest BCUT2D eigenvalue weighted by Gasteiger charge is -2.14. The number of rotatable bonds is 6. The van der Waals surface area contributed by atoms with Gasteiger partial charge >= 0.3 is 0 Å². The zero-order chi connectivity index (χ0) is 16.9. The van der Waals surface area contributed by atoms with Gasteiger partial charge in [-0.1, -0.05) is 31.2 Å². The number of aromatic nitrogens is 4. The third kappa shape index (κ3) is 3.86. The number of benzene rings is 1. The van der Waals surface area contributed by atoms with Crippen molar-refractivity contribution in [2.75, 3.05) is 0 Å². The zero-order valence-electron chi connectivity index (χ0n) is 13.6. The number of hydrogen-bond acceptors (Lipinski definition) is 5. The maximum Gasteiger partial charge on any atom is 0.244 e. The van der Waals surface area contributed by atoms with E-state index in [1.807, 2.05) is 35.9 Å². The van der Waals surface area contributed by atoms with E-state index < -0.39 is 0 Å². The van der Waals surface area contributed by atoms with Gasteiger partial charge in [0.2, 0.25) is 11.7 Å². The number of hydrogen-bond donors (Lipinski definition) is 1. The topological polar surface area (TPSA) is 72.7 Å². The Kier molecular flexibility index (Phi) is 5.00. The number of thiophene rings is 1. The second-order valence-corrected chi connectivity index (χ2v) is 6.32. The predicted octanol–water partition coefficient (Wildman–Crippen LogP) is 2.84. The van der Waals surface area contributed by atoms with Crippen molar-refractivity contribution in [1.29, 1.82) is 0 Å². The lowest BCUT2D eigenvalue weighted by atomic mass is 10.1. The highest BCUT2D eigenvalue weighted by atomic mass is 32.1. The van der Waals surface area contributed by atoms with Gasteiger partial charge in [0.05, 0.1) is 6.04 Å². The third-order valence-corrected chi connectivity index (χ3v) is 4.47. The molecule has 1 aromatic carbocycles. The molecule has 0 unspecified atom stereocenters. The van der Waals surface area contributed by atoms with Gasteiger partial charge in [0, 0.05) is 10.9 Å². The Bertz CT molecular complexity index is 795. The molecule has 124 valence electrons. The zero-order valence-corrected chi connectivity index (χ0v) is 14.5. The minimum atomic E-state index is -0.142. The summed E-state index contributed by atoms with van der Waals surface area (Å²) >= 11 is 1.57. The van der Waals surface area contributed by atoms with Crippen LogP contribution < -0.4 is 5.32 Å². The summed E-state index contributed by atoms with van der Waals surface area (Å²) in [5.74, 6) is 0.392. The molecule has 0 radical (unpaired) electrons. The number of carbonyl (C=O) groups is 1. The van der Waals surface area contributed by atoms with Gasteiger partial charge in [-0.15, -0.1) is 10.2 Å². The summed E-state index contributed by atoms with van der Waals surface area (Å²) in [5, 5.41) is 19.0. The maximum atomic E-state index is 12.2. The first-order valence-corrected chi connectivity index (χ1v) is 8.78. The molecule has 3 rings (SSSR count). The summed E-state index contributed by atoms with van der Waals surface area (Å²) in [6.45, 7) is 4.13. The monoisotopic (exact) mass is 341 g/mol. The van der Waals surface area contributed by atoms with E-state index in [1.165, 1.54) is 10.4 Å². The molecule has 0 saturated heterocycles. The molecule has 2 heterocycles. The van der Waals surface area contributed by atoms with Crippen molar-refractivity contribution in [2.24, 2.45) is 0 Å². The van der Waals surface area contributed by atoms with Gasteiger partial charge in [0.15, 0.2) is 0 Å². The van der Waals surface area contributed by atoms with E-state index in [0.29, 0.717) is 5.82 Å². The quantitative estimate of drug-likeness (QED) is 0.748. The first kappa shape index (κ1) is 16.3. The number of aryl methyl sites for hydroxylation is 1. The fraction of sp³-hybridized carbons (Fsp3) is 0.294. The number of amides is 1. The lowest BCUT2D eigenvalue weighted by Crippen LogP contribution is -2.30. The van der Waals surface area contributed by atoms with Crippen LogP contribution in [0.15, 0.2) is 41.1 Å². The summed E-state index contributed by atoms with van der Waals surface area (Å²) in [6, 6.07) is 10.1. The summed E-state index contributed by atoms with van der Waals surface area (Å²) in [4.78, 5) is 13.5. The molecular weight excluding hydrogens is 322 g/mol. The number of carbonyl (C=O) groups excluding carboxylic acids is 1. The number of tetrazole rings is 1. The van der Waals surface area contributed by atoms with Gasteiger partial charge in [-0.3, -0.25) is 4.79 Å². The highest BCUT2D eigenvalue weighted by Crippen LogP contribution is 2.17. The molecule has 1 amide bonds. The predicted molar refractivity (Wildman–Crippen MR) is 93.5 cm³/mol. The molecule has 0 aliphatic heterocycles. The van der Waals surface area contributed by atoms with E-state index >= 15 is 0 Å². The molecule has 2 aromatic heterocycles. The Labute approximate surface area is 144 Å². The Morgan fingerprint density at radius 2 is 2.08 bits per heavy atom. The van der Waals surface area contributed by atoms with Crippen LogP contribution in [-0.2, 0) is 17.8 Å². The molecule has 0 fully saturated rings. The van der Waals surface area contributed by atoms with Gasteiger partial charge in [0.1, 0.15) is 6.54 Å². The van der Waals surface area contributed by atoms with Crippen LogP contribution in [0.2, 0.25) is 0 Å². The standard InChI is InChI=1S/C17H19N5OS/c1-3-13-4-6-14(7-5-13)12(2)18-16(23)10-22-20-17(19-21-22)15-8-9-24-11-15/h4-9,11-12H,3,10H2,1-2H3,(H,18,23)/t12-/m1/s1. The Morgan fingerprint density at radius 3 is 2.75 bits per heavy atom. The minimum absolute atomic E-state index is 0.0501. The van der Waals surface area contributed by atoms with E-state index in [4.69, 9.17) is 0 Å². The van der Waals surface area contributed by atoms with Crippen LogP contribution in [0.1, 0.15) is 31.0 Å². The van der Waals surface area contributed by atoms with Crippen molar-refractivity contribution >= 4 is 17.2 Å². The molecular formula is C17H19N5OS. The van der Waals surface area contributed by atoms with E-state index in [1.54, 1.807) is 11.3 Å². The normalized spacial score (nSPS) is 12.1. The molecule has 1 N–H and O–H groups in total. The molecule has 0 aliphatic carbocycles. The second-order valence-electron chi connectivity index (χ2n) is 5.54. The largest absolute Gasteiger partial charge is 0.348 e. The Hall–Kier alpha value is -2.54. The Balaban J connectivity index is 1.58. The molecule has 24 heavy (non-hydrogen) atoms. The van der Waals surface area contributed by atoms with Gasteiger partial charge in [-0.05, 0) is 41.1 Å². The summed E-state index contributed by atoms with van der Waals surface area (Å²) in [6.07, 6.45) is 1.01. The highest BCUT2D eigenvalue weighted by molar-refractivity contribution is 7.08. The lowest BCUT2D eigenvalue weighted by molar-refractivity contribution is -0.122. The van der Waals surface area contributed by atoms with Crippen LogP contribution in [0.4, 0.5) is 0 Å². The highest BCUT2D eigenvalue weighted by Gasteiger charge is 2.13. The molecule has 6 nitrogen and oxygen atoms in total. The van der Waals surface area contributed by atoms with Crippen LogP contribution >= 0.6 is 11.3 Å². The SMILES string of the molecule is CCc1ccc([C@@H](C)NC(=O)Cn2nnc(-c3ccsc3)n2)cc1. The van der Waals surface area contributed by atoms with Crippen LogP contribution in [0.25, 0.3) is 11.4 Å². The van der Waals surface area contributed by atoms with Crippen LogP contribution in [0.5, 0.6) is 0 Å². The maximum absolute atomic E-state index is 12.2. The van der Waals surface area contributed by atoms with Gasteiger partial charge in [0.25, 0.3) is 0 Å². The Morgan fingerprint density at radius 1 is 1.29 bits per heavy atom. The summed E-state index contributed by atoms with van der Waals surface area (Å²) < 4.78 is 0. The fourth-order valence-corrected chi connectivity index (χ4v) is 2.99. The van der Waals surface area contributed by atoms with Crippen molar-refractivity contribution in [3.63, 3.8) is 0 Å². The molecule has 7 heteroatoms. The molecule has 0 bridgehead atoms. The molecule has 3 aromatic rings. The van der Waals surface area contributed by atoms with Gasteiger partial charge in [-0.2, -0.15) is 16.1 Å². The van der Waals surface area contributed by atoms with E-state index in [2.05, 4.69) is 39.8 Å². The van der Waals surface area contributed by atoms with Crippen molar-refractivity contribution < 1.29 is 4.79 Å². The average molecular weight is 341 g/mol. The summed E-state index contributed by atoms with van der Waals surface area (Å²) in [7, 11) is 0. The smallest absolute Gasteiger partial charge is 0.244 e. The van der Waals surface area contributed by atoms with Gasteiger partial charge < -0.3 is 5.32 Å². The fourth-order valence-electron chi connectivity index (χ4n) is 2.36. The van der Waals surface area contributed by atoms with Crippen molar-refractivity contribution in [1.82, 2.24) is 25.5 Å². The number of nitrogens with zero attached hydrogens (tertiary/aromatic N) is 4. The minimum Gasteiger partial charge on any atom is -0.348 e. The second kappa shape index (κ2) is 7.35. The van der Waals surface area contributed by atoms with E-state index in [0.717, 1.165) is 17.5 Å². The molecule has 0 saturated carbocycles. The first-order chi connectivity index (χ1) is 11.7. The number of nitrogens with one attached hydrogen (secondary N) is 1. The van der Waals surface area contributed by atoms with E-state index in [-0.39, 0.29) is 18.5 Å². The van der Waals surface area contributed by atoms with Crippen LogP contribution in [-0.4, -0.2) is 26.1 Å². The van der Waals surface area contributed by atoms with Crippen molar-refractivity contribution in [2.45, 2.75) is 32.9 Å². The van der Waals surface area contributed by atoms with Crippen molar-refractivity contribution in [3.05, 3.63) is 52.2 Å². The van der Waals surface area contributed by atoms with Crippen LogP contribution in [0, 0.1) is 0 Å². The van der Waals surface area contributed by atoms with E-state index in [9.17, 15) is 4.79 Å². The first-order valence-electron chi connectivity index (χ1n) is 7.84. The molecule has 1 atom stereocenters. The van der Waals surface area contributed by atoms with Crippen LogP contribution in [0.3, 0.4) is 0 Å². The summed E-state index contributed by atoms with van der Waals surface area (Å²) in [5.41, 5.74) is 3.27. The average Bonchev–Trinajstić information content (AvgIpc) is 3.26. The van der Waals surface area contributed by atoms with Crippen molar-refractivity contribution in [3.8, 4) is 11.4 Å². The van der Waals surface area contributed by atoms with Gasteiger partial charge in [-0.25, -0.2) is 0 Å². The molecule has 0 spiro atoms.